The van der Waals surface area contributed by atoms with Crippen LogP contribution in [0.15, 0.2) is 6.07 Å². The lowest BCUT2D eigenvalue weighted by Gasteiger charge is -2.36. The SMILES string of the molecule is COC(=O)c1sc(C#CC(C)(C)C)cc1N(C(=O)C1CCC(C)CC1)C1CCCCN(C)C1=O. The Bertz CT molecular complexity index is 973. The van der Waals surface area contributed by atoms with Gasteiger partial charge in [0, 0.05) is 24.9 Å². The summed E-state index contributed by atoms with van der Waals surface area (Å²) in [6, 6.07) is 1.18. The van der Waals surface area contributed by atoms with Crippen molar-refractivity contribution in [1.82, 2.24) is 4.90 Å². The van der Waals surface area contributed by atoms with Gasteiger partial charge >= 0.3 is 5.97 Å². The molecule has 1 aliphatic heterocycles. The second-order valence-electron chi connectivity index (χ2n) is 10.8. The maximum atomic E-state index is 14.0. The first-order valence-electron chi connectivity index (χ1n) is 12.3. The first kappa shape index (κ1) is 26.3. The van der Waals surface area contributed by atoms with Crippen LogP contribution in [0.1, 0.15) is 87.2 Å². The minimum Gasteiger partial charge on any atom is -0.465 e. The second kappa shape index (κ2) is 10.9. The van der Waals surface area contributed by atoms with Crippen molar-refractivity contribution in [3.63, 3.8) is 0 Å². The van der Waals surface area contributed by atoms with Gasteiger partial charge in [0.25, 0.3) is 0 Å². The zero-order valence-corrected chi connectivity index (χ0v) is 22.2. The molecule has 1 unspecified atom stereocenters. The van der Waals surface area contributed by atoms with Crippen LogP contribution in [-0.4, -0.2) is 49.4 Å². The average Bonchev–Trinajstić information content (AvgIpc) is 3.14. The van der Waals surface area contributed by atoms with E-state index >= 15 is 0 Å². The molecule has 34 heavy (non-hydrogen) atoms. The number of likely N-dealkylation sites (N-methyl/N-ethyl adjacent to an activating group) is 1. The quantitative estimate of drug-likeness (QED) is 0.439. The summed E-state index contributed by atoms with van der Waals surface area (Å²) >= 11 is 1.23. The van der Waals surface area contributed by atoms with Crippen LogP contribution in [0.2, 0.25) is 0 Å². The van der Waals surface area contributed by atoms with Crippen molar-refractivity contribution in [3.05, 3.63) is 15.8 Å². The summed E-state index contributed by atoms with van der Waals surface area (Å²) in [6.45, 7) is 8.96. The summed E-state index contributed by atoms with van der Waals surface area (Å²) in [7, 11) is 3.13. The van der Waals surface area contributed by atoms with Crippen LogP contribution >= 0.6 is 11.3 Å². The number of methoxy groups -OCH3 is 1. The number of rotatable bonds is 4. The van der Waals surface area contributed by atoms with E-state index in [0.29, 0.717) is 34.3 Å². The van der Waals surface area contributed by atoms with Crippen LogP contribution in [0.3, 0.4) is 0 Å². The van der Waals surface area contributed by atoms with Gasteiger partial charge < -0.3 is 9.64 Å². The predicted molar refractivity (Wildman–Crippen MR) is 136 cm³/mol. The summed E-state index contributed by atoms with van der Waals surface area (Å²) in [5.41, 5.74) is 0.261. The van der Waals surface area contributed by atoms with E-state index in [9.17, 15) is 14.4 Å². The third kappa shape index (κ3) is 6.21. The third-order valence-corrected chi connectivity index (χ3v) is 7.72. The van der Waals surface area contributed by atoms with Crippen LogP contribution in [0.4, 0.5) is 5.69 Å². The number of carbonyl (C=O) groups excluding carboxylic acids is 3. The molecule has 1 atom stereocenters. The Morgan fingerprint density at radius 1 is 1.15 bits per heavy atom. The van der Waals surface area contributed by atoms with Crippen molar-refractivity contribution < 1.29 is 19.1 Å². The Balaban J connectivity index is 2.11. The Morgan fingerprint density at radius 2 is 1.82 bits per heavy atom. The molecule has 1 aromatic rings. The molecule has 1 saturated heterocycles. The number of nitrogens with zero attached hydrogens (tertiary/aromatic N) is 2. The van der Waals surface area contributed by atoms with Crippen LogP contribution in [0.5, 0.6) is 0 Å². The fourth-order valence-electron chi connectivity index (χ4n) is 4.67. The van der Waals surface area contributed by atoms with Gasteiger partial charge in [-0.15, -0.1) is 11.3 Å². The molecular weight excluding hydrogens is 448 g/mol. The molecule has 0 spiro atoms. The number of carbonyl (C=O) groups is 3. The van der Waals surface area contributed by atoms with Gasteiger partial charge in [-0.25, -0.2) is 4.79 Å². The van der Waals surface area contributed by atoms with Crippen LogP contribution in [-0.2, 0) is 14.3 Å². The molecule has 1 aliphatic carbocycles. The van der Waals surface area contributed by atoms with E-state index in [1.165, 1.54) is 18.4 Å². The maximum Gasteiger partial charge on any atom is 0.350 e. The summed E-state index contributed by atoms with van der Waals surface area (Å²) < 4.78 is 5.08. The van der Waals surface area contributed by atoms with Gasteiger partial charge in [0.1, 0.15) is 10.9 Å². The molecule has 2 amide bonds. The summed E-state index contributed by atoms with van der Waals surface area (Å²) in [6.07, 6.45) is 5.94. The van der Waals surface area contributed by atoms with Crippen molar-refractivity contribution in [2.24, 2.45) is 17.3 Å². The van der Waals surface area contributed by atoms with Crippen molar-refractivity contribution in [1.29, 1.82) is 0 Å². The van der Waals surface area contributed by atoms with Crippen molar-refractivity contribution >= 4 is 34.8 Å². The molecule has 3 rings (SSSR count). The topological polar surface area (TPSA) is 66.9 Å². The van der Waals surface area contributed by atoms with E-state index in [2.05, 4.69) is 18.8 Å². The zero-order valence-electron chi connectivity index (χ0n) is 21.4. The first-order chi connectivity index (χ1) is 16.0. The smallest absolute Gasteiger partial charge is 0.350 e. The summed E-state index contributed by atoms with van der Waals surface area (Å²) in [4.78, 5) is 44.6. The Kier molecular flexibility index (Phi) is 8.46. The molecule has 0 N–H and O–H groups in total. The van der Waals surface area contributed by atoms with Gasteiger partial charge in [-0.05, 0) is 77.7 Å². The molecule has 0 bridgehead atoms. The highest BCUT2D eigenvalue weighted by molar-refractivity contribution is 7.15. The van der Waals surface area contributed by atoms with E-state index in [1.807, 2.05) is 20.8 Å². The molecule has 7 heteroatoms. The zero-order chi connectivity index (χ0) is 25.0. The largest absolute Gasteiger partial charge is 0.465 e. The molecule has 0 radical (unpaired) electrons. The number of ether oxygens (including phenoxy) is 1. The van der Waals surface area contributed by atoms with Crippen molar-refractivity contribution in [2.75, 3.05) is 25.6 Å². The van der Waals surface area contributed by atoms with Crippen LogP contribution in [0.25, 0.3) is 0 Å². The number of anilines is 1. The van der Waals surface area contributed by atoms with Crippen molar-refractivity contribution in [3.8, 4) is 11.8 Å². The fourth-order valence-corrected chi connectivity index (χ4v) is 5.59. The third-order valence-electron chi connectivity index (χ3n) is 6.70. The average molecular weight is 487 g/mol. The number of amides is 2. The lowest BCUT2D eigenvalue weighted by atomic mass is 9.82. The minimum atomic E-state index is -0.624. The predicted octanol–water partition coefficient (Wildman–Crippen LogP) is 5.10. The number of hydrogen-bond donors (Lipinski definition) is 0. The standard InChI is InChI=1S/C27H38N2O4S/c1-18-10-12-19(13-11-18)24(30)29(21-9-7-8-16-28(5)25(21)31)22-17-20(14-15-27(2,3)4)34-23(22)26(32)33-6/h17-19,21H,7-13,16H2,1-6H3. The highest BCUT2D eigenvalue weighted by Crippen LogP contribution is 2.38. The van der Waals surface area contributed by atoms with E-state index in [4.69, 9.17) is 4.74 Å². The van der Waals surface area contributed by atoms with Gasteiger partial charge in [0.05, 0.1) is 17.7 Å². The molecule has 186 valence electrons. The molecule has 1 saturated carbocycles. The number of thiophene rings is 1. The van der Waals surface area contributed by atoms with E-state index in [-0.39, 0.29) is 23.1 Å². The summed E-state index contributed by atoms with van der Waals surface area (Å²) in [5.74, 6) is 6.20. The molecule has 2 heterocycles. The van der Waals surface area contributed by atoms with Crippen LogP contribution < -0.4 is 4.90 Å². The Morgan fingerprint density at radius 3 is 2.44 bits per heavy atom. The molecule has 1 aromatic heterocycles. The highest BCUT2D eigenvalue weighted by atomic mass is 32.1. The molecule has 0 aromatic carbocycles. The van der Waals surface area contributed by atoms with E-state index in [0.717, 1.165) is 38.5 Å². The van der Waals surface area contributed by atoms with E-state index < -0.39 is 12.0 Å². The lowest BCUT2D eigenvalue weighted by molar-refractivity contribution is -0.134. The van der Waals surface area contributed by atoms with E-state index in [1.54, 1.807) is 22.9 Å². The van der Waals surface area contributed by atoms with Gasteiger partial charge in [-0.1, -0.05) is 18.8 Å². The Labute approximate surface area is 208 Å². The maximum absolute atomic E-state index is 14.0. The number of likely N-dealkylation sites (tertiary alicyclic amines) is 1. The van der Waals surface area contributed by atoms with Crippen LogP contribution in [0, 0.1) is 29.1 Å². The van der Waals surface area contributed by atoms with Gasteiger partial charge in [-0.2, -0.15) is 0 Å². The first-order valence-corrected chi connectivity index (χ1v) is 13.2. The molecule has 2 aliphatic rings. The van der Waals surface area contributed by atoms with Gasteiger partial charge in [0.2, 0.25) is 11.8 Å². The van der Waals surface area contributed by atoms with Gasteiger partial charge in [0.15, 0.2) is 0 Å². The highest BCUT2D eigenvalue weighted by Gasteiger charge is 2.40. The summed E-state index contributed by atoms with van der Waals surface area (Å²) in [5, 5.41) is 0. The Hall–Kier alpha value is -2.33. The second-order valence-corrected chi connectivity index (χ2v) is 11.8. The van der Waals surface area contributed by atoms with Crippen molar-refractivity contribution in [2.45, 2.75) is 78.7 Å². The lowest BCUT2D eigenvalue weighted by Crippen LogP contribution is -2.52. The molecular formula is C27H38N2O4S. The molecule has 2 fully saturated rings. The minimum absolute atomic E-state index is 0.0566. The number of esters is 1. The fraction of sp³-hybridized carbons (Fsp3) is 0.667. The monoisotopic (exact) mass is 486 g/mol. The molecule has 6 nitrogen and oxygen atoms in total. The normalized spacial score (nSPS) is 23.5. The number of hydrogen-bond acceptors (Lipinski definition) is 5. The van der Waals surface area contributed by atoms with Gasteiger partial charge in [-0.3, -0.25) is 14.5 Å².